The normalized spacial score (nSPS) is 9.95. The SMILES string of the molecule is C=CC(=O)OCCOc1ccc(-c2ccc(Br)cc2)cc1. The Morgan fingerprint density at radius 1 is 1.00 bits per heavy atom. The second-order valence-corrected chi connectivity index (χ2v) is 5.17. The molecular formula is C17H15BrO3. The largest absolute Gasteiger partial charge is 0.490 e. The number of carbonyl (C=O) groups is 1. The van der Waals surface area contributed by atoms with Crippen LogP contribution in [0.5, 0.6) is 5.75 Å². The molecular weight excluding hydrogens is 332 g/mol. The molecule has 0 heterocycles. The lowest BCUT2D eigenvalue weighted by Gasteiger charge is -2.07. The van der Waals surface area contributed by atoms with Gasteiger partial charge in [0.25, 0.3) is 0 Å². The van der Waals surface area contributed by atoms with Crippen molar-refractivity contribution >= 4 is 21.9 Å². The van der Waals surface area contributed by atoms with E-state index in [1.807, 2.05) is 36.4 Å². The first-order valence-electron chi connectivity index (χ1n) is 6.47. The molecule has 0 spiro atoms. The Bertz CT molecular complexity index is 603. The molecule has 0 fully saturated rings. The van der Waals surface area contributed by atoms with E-state index < -0.39 is 5.97 Å². The molecule has 108 valence electrons. The molecule has 0 aliphatic rings. The lowest BCUT2D eigenvalue weighted by molar-refractivity contribution is -0.138. The molecule has 0 amide bonds. The number of carbonyl (C=O) groups excluding carboxylic acids is 1. The molecule has 0 unspecified atom stereocenters. The van der Waals surface area contributed by atoms with E-state index in [0.717, 1.165) is 27.4 Å². The van der Waals surface area contributed by atoms with Gasteiger partial charge < -0.3 is 9.47 Å². The zero-order valence-electron chi connectivity index (χ0n) is 11.4. The quantitative estimate of drug-likeness (QED) is 0.446. The van der Waals surface area contributed by atoms with E-state index in [0.29, 0.717) is 6.61 Å². The maximum Gasteiger partial charge on any atom is 0.330 e. The number of rotatable bonds is 6. The van der Waals surface area contributed by atoms with Crippen molar-refractivity contribution in [1.82, 2.24) is 0 Å². The van der Waals surface area contributed by atoms with Gasteiger partial charge in [-0.2, -0.15) is 0 Å². The van der Waals surface area contributed by atoms with Gasteiger partial charge >= 0.3 is 5.97 Å². The number of hydrogen-bond acceptors (Lipinski definition) is 3. The molecule has 0 aliphatic carbocycles. The van der Waals surface area contributed by atoms with Crippen LogP contribution in [0.2, 0.25) is 0 Å². The van der Waals surface area contributed by atoms with Gasteiger partial charge in [0.05, 0.1) is 0 Å². The van der Waals surface area contributed by atoms with Crippen LogP contribution in [-0.4, -0.2) is 19.2 Å². The summed E-state index contributed by atoms with van der Waals surface area (Å²) in [5, 5.41) is 0. The molecule has 2 rings (SSSR count). The van der Waals surface area contributed by atoms with Crippen LogP contribution in [0.3, 0.4) is 0 Å². The Morgan fingerprint density at radius 3 is 2.14 bits per heavy atom. The highest BCUT2D eigenvalue weighted by molar-refractivity contribution is 9.10. The molecule has 3 nitrogen and oxygen atoms in total. The first-order valence-corrected chi connectivity index (χ1v) is 7.26. The number of benzene rings is 2. The predicted molar refractivity (Wildman–Crippen MR) is 86.2 cm³/mol. The van der Waals surface area contributed by atoms with Gasteiger partial charge in [0, 0.05) is 10.5 Å². The van der Waals surface area contributed by atoms with E-state index in [9.17, 15) is 4.79 Å². The van der Waals surface area contributed by atoms with E-state index in [2.05, 4.69) is 34.6 Å². The van der Waals surface area contributed by atoms with Crippen LogP contribution in [-0.2, 0) is 9.53 Å². The molecule has 4 heteroatoms. The Hall–Kier alpha value is -2.07. The topological polar surface area (TPSA) is 35.5 Å². The Labute approximate surface area is 132 Å². The summed E-state index contributed by atoms with van der Waals surface area (Å²) < 4.78 is 11.4. The summed E-state index contributed by atoms with van der Waals surface area (Å²) in [7, 11) is 0. The number of ether oxygens (including phenoxy) is 2. The summed E-state index contributed by atoms with van der Waals surface area (Å²) in [4.78, 5) is 10.8. The molecule has 0 radical (unpaired) electrons. The molecule has 0 aliphatic heterocycles. The van der Waals surface area contributed by atoms with Crippen LogP contribution >= 0.6 is 15.9 Å². The van der Waals surface area contributed by atoms with E-state index in [1.165, 1.54) is 0 Å². The molecule has 0 saturated heterocycles. The van der Waals surface area contributed by atoms with Crippen molar-refractivity contribution in [2.45, 2.75) is 0 Å². The van der Waals surface area contributed by atoms with Crippen molar-refractivity contribution in [3.63, 3.8) is 0 Å². The lowest BCUT2D eigenvalue weighted by Crippen LogP contribution is -2.10. The summed E-state index contributed by atoms with van der Waals surface area (Å²) in [6.07, 6.45) is 1.13. The number of hydrogen-bond donors (Lipinski definition) is 0. The van der Waals surface area contributed by atoms with Crippen molar-refractivity contribution in [1.29, 1.82) is 0 Å². The van der Waals surface area contributed by atoms with E-state index in [4.69, 9.17) is 9.47 Å². The highest BCUT2D eigenvalue weighted by Gasteiger charge is 2.00. The molecule has 0 aromatic heterocycles. The highest BCUT2D eigenvalue weighted by Crippen LogP contribution is 2.24. The Kier molecular flexibility index (Phi) is 5.58. The first-order chi connectivity index (χ1) is 10.2. The van der Waals surface area contributed by atoms with Crippen LogP contribution in [0, 0.1) is 0 Å². The van der Waals surface area contributed by atoms with Gasteiger partial charge in [0.15, 0.2) is 0 Å². The van der Waals surface area contributed by atoms with Gasteiger partial charge in [-0.05, 0) is 35.4 Å². The van der Waals surface area contributed by atoms with E-state index >= 15 is 0 Å². The summed E-state index contributed by atoms with van der Waals surface area (Å²) in [6.45, 7) is 3.85. The van der Waals surface area contributed by atoms with Crippen LogP contribution < -0.4 is 4.74 Å². The van der Waals surface area contributed by atoms with Gasteiger partial charge in [-0.15, -0.1) is 0 Å². The summed E-state index contributed by atoms with van der Waals surface area (Å²) in [6, 6.07) is 15.9. The third-order valence-electron chi connectivity index (χ3n) is 2.79. The number of esters is 1. The first kappa shape index (κ1) is 15.3. The Morgan fingerprint density at radius 2 is 1.57 bits per heavy atom. The Balaban J connectivity index is 1.88. The number of halogens is 1. The zero-order valence-corrected chi connectivity index (χ0v) is 13.0. The molecule has 0 atom stereocenters. The molecule has 0 N–H and O–H groups in total. The fourth-order valence-electron chi connectivity index (χ4n) is 1.75. The third kappa shape index (κ3) is 4.76. The molecule has 2 aromatic carbocycles. The van der Waals surface area contributed by atoms with Crippen molar-refractivity contribution in [2.24, 2.45) is 0 Å². The van der Waals surface area contributed by atoms with E-state index in [1.54, 1.807) is 0 Å². The minimum atomic E-state index is -0.441. The highest BCUT2D eigenvalue weighted by atomic mass is 79.9. The minimum absolute atomic E-state index is 0.208. The van der Waals surface area contributed by atoms with Gasteiger partial charge in [-0.25, -0.2) is 4.79 Å². The van der Waals surface area contributed by atoms with Crippen molar-refractivity contribution in [3.8, 4) is 16.9 Å². The lowest BCUT2D eigenvalue weighted by atomic mass is 10.1. The van der Waals surface area contributed by atoms with Crippen LogP contribution in [0.1, 0.15) is 0 Å². The molecule has 21 heavy (non-hydrogen) atoms. The smallest absolute Gasteiger partial charge is 0.330 e. The standard InChI is InChI=1S/C17H15BrO3/c1-2-17(19)21-12-11-20-16-9-5-14(6-10-16)13-3-7-15(18)8-4-13/h2-10H,1,11-12H2. The van der Waals surface area contributed by atoms with Crippen LogP contribution in [0.4, 0.5) is 0 Å². The summed E-state index contributed by atoms with van der Waals surface area (Å²) in [5.74, 6) is 0.301. The monoisotopic (exact) mass is 346 g/mol. The van der Waals surface area contributed by atoms with Crippen molar-refractivity contribution < 1.29 is 14.3 Å². The van der Waals surface area contributed by atoms with Gasteiger partial charge in [-0.1, -0.05) is 46.8 Å². The minimum Gasteiger partial charge on any atom is -0.490 e. The van der Waals surface area contributed by atoms with Crippen LogP contribution in [0.15, 0.2) is 65.7 Å². The molecule has 2 aromatic rings. The van der Waals surface area contributed by atoms with Gasteiger partial charge in [0.1, 0.15) is 19.0 Å². The molecule has 0 saturated carbocycles. The average Bonchev–Trinajstić information content (AvgIpc) is 2.52. The van der Waals surface area contributed by atoms with Gasteiger partial charge in [0.2, 0.25) is 0 Å². The van der Waals surface area contributed by atoms with Crippen LogP contribution in [0.25, 0.3) is 11.1 Å². The fraction of sp³-hybridized carbons (Fsp3) is 0.118. The third-order valence-corrected chi connectivity index (χ3v) is 3.32. The molecule has 0 bridgehead atoms. The maximum atomic E-state index is 10.8. The van der Waals surface area contributed by atoms with E-state index in [-0.39, 0.29) is 6.61 Å². The van der Waals surface area contributed by atoms with Gasteiger partial charge in [-0.3, -0.25) is 0 Å². The zero-order chi connectivity index (χ0) is 15.1. The second kappa shape index (κ2) is 7.64. The average molecular weight is 347 g/mol. The summed E-state index contributed by atoms with van der Waals surface area (Å²) in [5.41, 5.74) is 2.26. The second-order valence-electron chi connectivity index (χ2n) is 4.25. The van der Waals surface area contributed by atoms with Crippen molar-refractivity contribution in [3.05, 3.63) is 65.7 Å². The predicted octanol–water partition coefficient (Wildman–Crippen LogP) is 4.22. The summed E-state index contributed by atoms with van der Waals surface area (Å²) >= 11 is 3.42. The maximum absolute atomic E-state index is 10.8. The fourth-order valence-corrected chi connectivity index (χ4v) is 2.01. The van der Waals surface area contributed by atoms with Crippen molar-refractivity contribution in [2.75, 3.05) is 13.2 Å².